The molecule has 4 heterocycles. The molecule has 2 saturated carbocycles. The standard InChI is InChI=1S/C26H20F3N3O6.C25H20F3N3O5/c27-26(28,29)25(10-11-25)15-6-4-13(5-7-15)20(34)22(36)30-12-14-2-1-3-16-19(14)24(38)32(23(16)37)17-8-9-18(33)31-21(17)35;26-25(27,28)24(10-11-24)14-6-4-13(5-7-14)20(33)22(35)29-17-3-1-2-15-16(17)12-31(23(15)36)18-8-9-19(32)30-21(18)34/h1-7,17H,8-12H2,(H,30,36)(H,31,33,35);1-7,18H,8-12H2,(H,29,35)(H,30,32,34). The SMILES string of the molecule is O=C1CCC(N2C(=O)c3cccc(CNC(=O)C(=O)c4ccc(C5(C(F)(F)F)CC5)cc4)c3C2=O)C(=O)N1.O=C1CCC(N2Cc3c(NC(=O)C(=O)c4ccc(C5(C(F)(F)F)CC5)cc4)cccc3C2=O)C(=O)N1. The van der Waals surface area contributed by atoms with Crippen LogP contribution in [0.2, 0.25) is 0 Å². The first kappa shape index (κ1) is 50.6. The number of Topliss-reactive ketones (excluding diaryl/α,β-unsaturated/α-hetero) is 2. The molecule has 382 valence electrons. The smallest absolute Gasteiger partial charge is 0.345 e. The van der Waals surface area contributed by atoms with Gasteiger partial charge in [0.05, 0.1) is 22.0 Å². The van der Waals surface area contributed by atoms with E-state index in [1.807, 2.05) is 0 Å². The van der Waals surface area contributed by atoms with Gasteiger partial charge in [0, 0.05) is 53.9 Å². The number of imide groups is 3. The molecule has 2 atom stereocenters. The van der Waals surface area contributed by atoms with Crippen molar-refractivity contribution in [1.29, 1.82) is 0 Å². The first-order valence-corrected chi connectivity index (χ1v) is 23.1. The first-order valence-electron chi connectivity index (χ1n) is 23.1. The molecule has 0 bridgehead atoms. The Kier molecular flexibility index (Phi) is 12.7. The highest BCUT2D eigenvalue weighted by Gasteiger charge is 2.65. The molecule has 74 heavy (non-hydrogen) atoms. The quantitative estimate of drug-likeness (QED) is 0.0671. The molecule has 0 aromatic heterocycles. The highest BCUT2D eigenvalue weighted by atomic mass is 19.4. The van der Waals surface area contributed by atoms with E-state index in [-0.39, 0.29) is 115 Å². The van der Waals surface area contributed by atoms with Crippen molar-refractivity contribution in [3.8, 4) is 0 Å². The molecule has 2 saturated heterocycles. The number of nitrogens with zero attached hydrogens (tertiary/aromatic N) is 2. The Balaban J connectivity index is 0.000000182. The van der Waals surface area contributed by atoms with E-state index >= 15 is 0 Å². The minimum Gasteiger partial charge on any atom is -0.345 e. The summed E-state index contributed by atoms with van der Waals surface area (Å²) >= 11 is 0. The van der Waals surface area contributed by atoms with Gasteiger partial charge in [-0.25, -0.2) is 0 Å². The third-order valence-corrected chi connectivity index (χ3v) is 14.2. The molecule has 4 aromatic carbocycles. The molecule has 10 rings (SSSR count). The molecule has 2 unspecified atom stereocenters. The van der Waals surface area contributed by atoms with Crippen molar-refractivity contribution >= 4 is 70.4 Å². The average molecular weight is 1030 g/mol. The topological polar surface area (TPSA) is 242 Å². The van der Waals surface area contributed by atoms with Crippen LogP contribution in [0.5, 0.6) is 0 Å². The highest BCUT2D eigenvalue weighted by Crippen LogP contribution is 2.59. The number of ketones is 2. The number of anilines is 1. The summed E-state index contributed by atoms with van der Waals surface area (Å²) in [5.41, 5.74) is -2.76. The molecule has 17 nitrogen and oxygen atoms in total. The Hall–Kier alpha value is -8.37. The van der Waals surface area contributed by atoms with Gasteiger partial charge in [-0.15, -0.1) is 0 Å². The number of alkyl halides is 6. The van der Waals surface area contributed by atoms with Crippen molar-refractivity contribution in [3.05, 3.63) is 135 Å². The zero-order valence-corrected chi connectivity index (χ0v) is 38.5. The largest absolute Gasteiger partial charge is 0.398 e. The van der Waals surface area contributed by atoms with E-state index in [9.17, 15) is 79.1 Å². The lowest BCUT2D eigenvalue weighted by Gasteiger charge is -2.29. The Morgan fingerprint density at radius 3 is 1.57 bits per heavy atom. The summed E-state index contributed by atoms with van der Waals surface area (Å²) in [6, 6.07) is 16.5. The van der Waals surface area contributed by atoms with Crippen molar-refractivity contribution in [2.75, 3.05) is 5.32 Å². The van der Waals surface area contributed by atoms with Crippen LogP contribution in [0.25, 0.3) is 0 Å². The van der Waals surface area contributed by atoms with Crippen molar-refractivity contribution in [3.63, 3.8) is 0 Å². The Bertz CT molecular complexity index is 3150. The van der Waals surface area contributed by atoms with Crippen molar-refractivity contribution in [1.82, 2.24) is 25.8 Å². The van der Waals surface area contributed by atoms with E-state index in [4.69, 9.17) is 0 Å². The van der Waals surface area contributed by atoms with Crippen LogP contribution in [-0.2, 0) is 52.7 Å². The zero-order valence-electron chi connectivity index (χ0n) is 38.5. The van der Waals surface area contributed by atoms with Crippen LogP contribution in [0.15, 0.2) is 84.9 Å². The van der Waals surface area contributed by atoms with Crippen LogP contribution >= 0.6 is 0 Å². The van der Waals surface area contributed by atoms with Gasteiger partial charge >= 0.3 is 12.4 Å². The molecule has 0 radical (unpaired) electrons. The van der Waals surface area contributed by atoms with Gasteiger partial charge in [0.15, 0.2) is 0 Å². The van der Waals surface area contributed by atoms with Crippen LogP contribution in [-0.4, -0.2) is 99.0 Å². The third kappa shape index (κ3) is 8.99. The number of hydrogen-bond acceptors (Lipinski definition) is 11. The molecule has 0 spiro atoms. The van der Waals surface area contributed by atoms with Gasteiger partial charge in [-0.3, -0.25) is 68.3 Å². The lowest BCUT2D eigenvalue weighted by Crippen LogP contribution is -2.54. The van der Waals surface area contributed by atoms with Gasteiger partial charge < -0.3 is 15.5 Å². The minimum atomic E-state index is -4.40. The number of rotatable bonds is 11. The maximum atomic E-state index is 13.3. The number of fused-ring (bicyclic) bond motifs is 2. The highest BCUT2D eigenvalue weighted by molar-refractivity contribution is 6.46. The number of carbonyl (C=O) groups excluding carboxylic acids is 11. The van der Waals surface area contributed by atoms with Gasteiger partial charge in [0.2, 0.25) is 29.4 Å². The number of piperidine rings is 2. The molecule has 4 aromatic rings. The number of amides is 9. The summed E-state index contributed by atoms with van der Waals surface area (Å²) in [4.78, 5) is 139. The fourth-order valence-corrected chi connectivity index (χ4v) is 9.73. The normalized spacial score (nSPS) is 20.4. The van der Waals surface area contributed by atoms with Crippen LogP contribution in [0.4, 0.5) is 32.0 Å². The lowest BCUT2D eigenvalue weighted by molar-refractivity contribution is -0.161. The summed E-state index contributed by atoms with van der Waals surface area (Å²) in [5.74, 6) is -8.14. The molecule has 4 N–H and O–H groups in total. The number of benzene rings is 4. The van der Waals surface area contributed by atoms with E-state index < -0.39 is 100.0 Å². The van der Waals surface area contributed by atoms with Crippen LogP contribution < -0.4 is 21.3 Å². The summed E-state index contributed by atoms with van der Waals surface area (Å²) in [7, 11) is 0. The van der Waals surface area contributed by atoms with E-state index in [1.54, 1.807) is 0 Å². The summed E-state index contributed by atoms with van der Waals surface area (Å²) in [6.45, 7) is -0.301. The monoisotopic (exact) mass is 1030 g/mol. The molecule has 6 aliphatic rings. The number of nitrogens with one attached hydrogen (secondary N) is 4. The predicted molar refractivity (Wildman–Crippen MR) is 242 cm³/mol. The Morgan fingerprint density at radius 2 is 1.07 bits per heavy atom. The van der Waals surface area contributed by atoms with Gasteiger partial charge in [-0.2, -0.15) is 26.3 Å². The second-order valence-corrected chi connectivity index (χ2v) is 18.6. The molecule has 23 heteroatoms. The third-order valence-electron chi connectivity index (χ3n) is 14.2. The molecule has 4 fully saturated rings. The van der Waals surface area contributed by atoms with Gasteiger partial charge in [0.25, 0.3) is 35.3 Å². The van der Waals surface area contributed by atoms with E-state index in [1.165, 1.54) is 89.8 Å². The molecular formula is C51H40F6N6O11. The lowest BCUT2D eigenvalue weighted by atomic mass is 9.93. The second-order valence-electron chi connectivity index (χ2n) is 18.6. The second kappa shape index (κ2) is 18.6. The van der Waals surface area contributed by atoms with Crippen molar-refractivity contribution in [2.24, 2.45) is 0 Å². The molecule has 2 aliphatic carbocycles. The maximum Gasteiger partial charge on any atom is 0.398 e. The van der Waals surface area contributed by atoms with E-state index in [0.717, 1.165) is 4.90 Å². The zero-order chi connectivity index (χ0) is 53.2. The summed E-state index contributed by atoms with van der Waals surface area (Å²) in [6.07, 6.45) is -8.67. The maximum absolute atomic E-state index is 13.3. The van der Waals surface area contributed by atoms with Crippen molar-refractivity contribution < 1.29 is 79.1 Å². The molecule has 4 aliphatic heterocycles. The van der Waals surface area contributed by atoms with Crippen molar-refractivity contribution in [2.45, 2.75) is 99.7 Å². The van der Waals surface area contributed by atoms with E-state index in [0.29, 0.717) is 5.56 Å². The Labute approximate surface area is 414 Å². The van der Waals surface area contributed by atoms with E-state index in [2.05, 4.69) is 21.3 Å². The fourth-order valence-electron chi connectivity index (χ4n) is 9.73. The Morgan fingerprint density at radius 1 is 0.581 bits per heavy atom. The summed E-state index contributed by atoms with van der Waals surface area (Å²) < 4.78 is 80.0. The molecular weight excluding hydrogens is 987 g/mol. The number of carbonyl (C=O) groups is 11. The van der Waals surface area contributed by atoms with Gasteiger partial charge in [-0.1, -0.05) is 66.7 Å². The number of halogens is 6. The first-order chi connectivity index (χ1) is 35.0. The average Bonchev–Trinajstić information content (AvgIpc) is 4.30. The van der Waals surface area contributed by atoms with Gasteiger partial charge in [-0.05, 0) is 73.4 Å². The van der Waals surface area contributed by atoms with Crippen LogP contribution in [0.3, 0.4) is 0 Å². The van der Waals surface area contributed by atoms with Crippen LogP contribution in [0, 0.1) is 0 Å². The summed E-state index contributed by atoms with van der Waals surface area (Å²) in [5, 5.41) is 9.18. The molecule has 9 amide bonds. The minimum absolute atomic E-state index is 0.000685. The number of hydrogen-bond donors (Lipinski definition) is 4. The van der Waals surface area contributed by atoms with Crippen LogP contribution in [0.1, 0.15) is 125 Å². The fraction of sp³-hybridized carbons (Fsp3) is 0.314. The predicted octanol–water partition coefficient (Wildman–Crippen LogP) is 5.04. The van der Waals surface area contributed by atoms with Gasteiger partial charge in [0.1, 0.15) is 12.1 Å².